The van der Waals surface area contributed by atoms with Crippen LogP contribution in [0.3, 0.4) is 0 Å². The highest BCUT2D eigenvalue weighted by molar-refractivity contribution is 6.30. The topological polar surface area (TPSA) is 29.3 Å². The van der Waals surface area contributed by atoms with Gasteiger partial charge in [-0.15, -0.1) is 0 Å². The van der Waals surface area contributed by atoms with Gasteiger partial charge in [-0.25, -0.2) is 0 Å². The first-order valence-corrected chi connectivity index (χ1v) is 7.80. The van der Waals surface area contributed by atoms with E-state index in [-0.39, 0.29) is 6.04 Å². The van der Waals surface area contributed by atoms with Crippen molar-refractivity contribution >= 4 is 17.3 Å². The van der Waals surface area contributed by atoms with Crippen LogP contribution in [0.15, 0.2) is 18.2 Å². The van der Waals surface area contributed by atoms with Gasteiger partial charge in [-0.2, -0.15) is 0 Å². The predicted molar refractivity (Wildman–Crippen MR) is 84.1 cm³/mol. The van der Waals surface area contributed by atoms with Gasteiger partial charge in [0.25, 0.3) is 0 Å². The van der Waals surface area contributed by atoms with E-state index in [0.717, 1.165) is 18.0 Å². The van der Waals surface area contributed by atoms with Gasteiger partial charge in [0.1, 0.15) is 0 Å². The molecule has 2 N–H and O–H groups in total. The first-order valence-electron chi connectivity index (χ1n) is 7.42. The van der Waals surface area contributed by atoms with Gasteiger partial charge < -0.3 is 10.6 Å². The fourth-order valence-electron chi connectivity index (χ4n) is 3.07. The second-order valence-electron chi connectivity index (χ2n) is 5.71. The molecule has 19 heavy (non-hydrogen) atoms. The third-order valence-corrected chi connectivity index (χ3v) is 4.23. The molecule has 2 unspecified atom stereocenters. The van der Waals surface area contributed by atoms with Crippen LogP contribution in [0.5, 0.6) is 0 Å². The molecule has 1 saturated heterocycles. The maximum Gasteiger partial charge on any atom is 0.0426 e. The number of benzene rings is 1. The molecule has 106 valence electrons. The Morgan fingerprint density at radius 3 is 2.89 bits per heavy atom. The minimum atomic E-state index is 0.185. The van der Waals surface area contributed by atoms with Crippen LogP contribution in [0.1, 0.15) is 45.1 Å². The molecule has 1 aliphatic heterocycles. The lowest BCUT2D eigenvalue weighted by molar-refractivity contribution is 0.449. The second-order valence-corrected chi connectivity index (χ2v) is 6.14. The summed E-state index contributed by atoms with van der Waals surface area (Å²) in [5.41, 5.74) is 8.61. The van der Waals surface area contributed by atoms with Crippen LogP contribution in [0.2, 0.25) is 5.02 Å². The van der Waals surface area contributed by atoms with E-state index in [9.17, 15) is 0 Å². The molecule has 2 nitrogen and oxygen atoms in total. The Morgan fingerprint density at radius 2 is 2.21 bits per heavy atom. The van der Waals surface area contributed by atoms with Gasteiger partial charge in [0, 0.05) is 29.3 Å². The maximum atomic E-state index is 6.21. The Balaban J connectivity index is 2.32. The minimum Gasteiger partial charge on any atom is -0.368 e. The first kappa shape index (κ1) is 14.7. The average Bonchev–Trinajstić information content (AvgIpc) is 2.40. The molecule has 3 heteroatoms. The Labute approximate surface area is 121 Å². The highest BCUT2D eigenvalue weighted by Gasteiger charge is 2.23. The van der Waals surface area contributed by atoms with Crippen LogP contribution in [-0.2, 0) is 6.42 Å². The van der Waals surface area contributed by atoms with E-state index in [2.05, 4.69) is 30.9 Å². The van der Waals surface area contributed by atoms with Crippen molar-refractivity contribution in [2.75, 3.05) is 11.4 Å². The SMILES string of the molecule is CCC1CCCCN1c1cc(Cl)ccc1CC(C)N. The van der Waals surface area contributed by atoms with Crippen molar-refractivity contribution in [2.45, 2.75) is 58.0 Å². The molecule has 2 rings (SSSR count). The molecule has 0 aliphatic carbocycles. The van der Waals surface area contributed by atoms with E-state index in [1.165, 1.54) is 36.9 Å². The normalized spacial score (nSPS) is 21.5. The van der Waals surface area contributed by atoms with Crippen molar-refractivity contribution < 1.29 is 0 Å². The molecule has 1 aromatic carbocycles. The van der Waals surface area contributed by atoms with Crippen molar-refractivity contribution in [3.05, 3.63) is 28.8 Å². The number of hydrogen-bond acceptors (Lipinski definition) is 2. The summed E-state index contributed by atoms with van der Waals surface area (Å²) in [7, 11) is 0. The zero-order valence-corrected chi connectivity index (χ0v) is 12.8. The quantitative estimate of drug-likeness (QED) is 0.903. The van der Waals surface area contributed by atoms with Crippen LogP contribution in [0.4, 0.5) is 5.69 Å². The van der Waals surface area contributed by atoms with Crippen molar-refractivity contribution in [3.63, 3.8) is 0 Å². The minimum absolute atomic E-state index is 0.185. The summed E-state index contributed by atoms with van der Waals surface area (Å²) in [4.78, 5) is 2.55. The molecule has 0 spiro atoms. The van der Waals surface area contributed by atoms with Crippen LogP contribution in [0.25, 0.3) is 0 Å². The van der Waals surface area contributed by atoms with Crippen molar-refractivity contribution in [2.24, 2.45) is 5.73 Å². The summed E-state index contributed by atoms with van der Waals surface area (Å²) in [6.45, 7) is 5.48. The van der Waals surface area contributed by atoms with Gasteiger partial charge in [-0.05, 0) is 56.7 Å². The van der Waals surface area contributed by atoms with E-state index in [1.807, 2.05) is 6.07 Å². The number of hydrogen-bond donors (Lipinski definition) is 1. The number of nitrogens with zero attached hydrogens (tertiary/aromatic N) is 1. The summed E-state index contributed by atoms with van der Waals surface area (Å²) in [5.74, 6) is 0. The fraction of sp³-hybridized carbons (Fsp3) is 0.625. The van der Waals surface area contributed by atoms with Gasteiger partial charge in [0.2, 0.25) is 0 Å². The molecule has 1 aromatic rings. The van der Waals surface area contributed by atoms with Crippen LogP contribution in [0, 0.1) is 0 Å². The standard InChI is InChI=1S/C16H25ClN2/c1-3-15-6-4-5-9-19(15)16-11-14(17)8-7-13(16)10-12(2)18/h7-8,11-12,15H,3-6,9-10,18H2,1-2H3. The van der Waals surface area contributed by atoms with Gasteiger partial charge >= 0.3 is 0 Å². The third-order valence-electron chi connectivity index (χ3n) is 4.00. The first-order chi connectivity index (χ1) is 9.11. The molecule has 0 bridgehead atoms. The molecule has 2 atom stereocenters. The van der Waals surface area contributed by atoms with E-state index < -0.39 is 0 Å². The summed E-state index contributed by atoms with van der Waals surface area (Å²) < 4.78 is 0. The van der Waals surface area contributed by atoms with E-state index in [0.29, 0.717) is 6.04 Å². The van der Waals surface area contributed by atoms with Gasteiger partial charge in [0.05, 0.1) is 0 Å². The highest BCUT2D eigenvalue weighted by atomic mass is 35.5. The Kier molecular flexibility index (Phi) is 5.12. The number of anilines is 1. The summed E-state index contributed by atoms with van der Waals surface area (Å²) >= 11 is 6.21. The predicted octanol–water partition coefficient (Wildman–Crippen LogP) is 4.00. The lowest BCUT2D eigenvalue weighted by Crippen LogP contribution is -2.40. The summed E-state index contributed by atoms with van der Waals surface area (Å²) in [6.07, 6.45) is 6.03. The maximum absolute atomic E-state index is 6.21. The number of rotatable bonds is 4. The summed E-state index contributed by atoms with van der Waals surface area (Å²) in [6, 6.07) is 7.08. The van der Waals surface area contributed by atoms with Gasteiger partial charge in [-0.3, -0.25) is 0 Å². The lowest BCUT2D eigenvalue weighted by atomic mass is 9.96. The van der Waals surface area contributed by atoms with Crippen LogP contribution < -0.4 is 10.6 Å². The monoisotopic (exact) mass is 280 g/mol. The average molecular weight is 281 g/mol. The molecule has 1 aliphatic rings. The molecule has 0 amide bonds. The smallest absolute Gasteiger partial charge is 0.0426 e. The molecule has 0 saturated carbocycles. The molecule has 0 radical (unpaired) electrons. The van der Waals surface area contributed by atoms with Crippen molar-refractivity contribution in [3.8, 4) is 0 Å². The molecule has 0 aromatic heterocycles. The highest BCUT2D eigenvalue weighted by Crippen LogP contribution is 2.32. The largest absolute Gasteiger partial charge is 0.368 e. The van der Waals surface area contributed by atoms with E-state index >= 15 is 0 Å². The Bertz CT molecular complexity index is 417. The van der Waals surface area contributed by atoms with Crippen molar-refractivity contribution in [1.82, 2.24) is 0 Å². The van der Waals surface area contributed by atoms with E-state index in [1.54, 1.807) is 0 Å². The number of halogens is 1. The molecular formula is C16H25ClN2. The zero-order chi connectivity index (χ0) is 13.8. The Hall–Kier alpha value is -0.730. The number of piperidine rings is 1. The summed E-state index contributed by atoms with van der Waals surface area (Å²) in [5, 5.41) is 0.823. The van der Waals surface area contributed by atoms with Crippen LogP contribution in [-0.4, -0.2) is 18.6 Å². The Morgan fingerprint density at radius 1 is 1.42 bits per heavy atom. The second kappa shape index (κ2) is 6.62. The van der Waals surface area contributed by atoms with Crippen molar-refractivity contribution in [1.29, 1.82) is 0 Å². The molecule has 1 fully saturated rings. The molecule has 1 heterocycles. The molecular weight excluding hydrogens is 256 g/mol. The van der Waals surface area contributed by atoms with Gasteiger partial charge in [0.15, 0.2) is 0 Å². The lowest BCUT2D eigenvalue weighted by Gasteiger charge is -2.38. The van der Waals surface area contributed by atoms with E-state index in [4.69, 9.17) is 17.3 Å². The van der Waals surface area contributed by atoms with Gasteiger partial charge in [-0.1, -0.05) is 24.6 Å². The van der Waals surface area contributed by atoms with Crippen LogP contribution >= 0.6 is 11.6 Å². The fourth-order valence-corrected chi connectivity index (χ4v) is 3.23. The zero-order valence-electron chi connectivity index (χ0n) is 12.0. The third kappa shape index (κ3) is 3.64. The number of nitrogens with two attached hydrogens (primary N) is 1.